The van der Waals surface area contributed by atoms with Crippen molar-refractivity contribution in [1.82, 2.24) is 0 Å². The van der Waals surface area contributed by atoms with Crippen molar-refractivity contribution in [2.45, 2.75) is 6.92 Å². The fourth-order valence-corrected chi connectivity index (χ4v) is 1.42. The van der Waals surface area contributed by atoms with Crippen molar-refractivity contribution in [3.63, 3.8) is 0 Å². The molecule has 0 saturated heterocycles. The Morgan fingerprint density at radius 3 is 2.85 bits per heavy atom. The third-order valence-electron chi connectivity index (χ3n) is 2.05. The van der Waals surface area contributed by atoms with Crippen LogP contribution in [0.15, 0.2) is 22.6 Å². The van der Waals surface area contributed by atoms with Crippen LogP contribution in [0.1, 0.15) is 5.76 Å². The first-order valence-corrected chi connectivity index (χ1v) is 4.05. The third-order valence-corrected chi connectivity index (χ3v) is 2.05. The summed E-state index contributed by atoms with van der Waals surface area (Å²) in [6.45, 7) is 1.89. The molecule has 0 saturated carbocycles. The van der Waals surface area contributed by atoms with Gasteiger partial charge in [0.2, 0.25) is 0 Å². The van der Waals surface area contributed by atoms with Gasteiger partial charge in [0.25, 0.3) is 0 Å². The van der Waals surface area contributed by atoms with Crippen LogP contribution in [0.3, 0.4) is 0 Å². The summed E-state index contributed by atoms with van der Waals surface area (Å²) in [6, 6.07) is 5.57. The number of furan rings is 1. The first-order chi connectivity index (χ1) is 6.22. The van der Waals surface area contributed by atoms with Crippen LogP contribution < -0.4 is 10.5 Å². The molecule has 0 aliphatic rings. The highest BCUT2D eigenvalue weighted by Gasteiger charge is 2.07. The largest absolute Gasteiger partial charge is 0.495 e. The lowest BCUT2D eigenvalue weighted by atomic mass is 10.2. The van der Waals surface area contributed by atoms with Crippen LogP contribution in [-0.4, -0.2) is 7.11 Å². The molecule has 0 fully saturated rings. The normalized spacial score (nSPS) is 10.6. The van der Waals surface area contributed by atoms with Gasteiger partial charge in [-0.15, -0.1) is 0 Å². The smallest absolute Gasteiger partial charge is 0.142 e. The number of hydrogen-bond acceptors (Lipinski definition) is 3. The highest BCUT2D eigenvalue weighted by Crippen LogP contribution is 2.32. The fraction of sp³-hybridized carbons (Fsp3) is 0.200. The van der Waals surface area contributed by atoms with Crippen LogP contribution in [0.25, 0.3) is 11.0 Å². The molecular formula is C10H11NO2. The van der Waals surface area contributed by atoms with E-state index in [0.717, 1.165) is 16.7 Å². The first kappa shape index (κ1) is 7.98. The SMILES string of the molecule is COc1ccc2oc(C)cc2c1N. The molecule has 0 bridgehead atoms. The van der Waals surface area contributed by atoms with Gasteiger partial charge in [0.1, 0.15) is 17.1 Å². The number of nitrogens with two attached hydrogens (primary N) is 1. The Balaban J connectivity index is 2.78. The summed E-state index contributed by atoms with van der Waals surface area (Å²) in [5.74, 6) is 1.54. The number of aryl methyl sites for hydroxylation is 1. The maximum atomic E-state index is 5.86. The molecule has 3 nitrogen and oxygen atoms in total. The van der Waals surface area contributed by atoms with E-state index in [1.165, 1.54) is 0 Å². The summed E-state index contributed by atoms with van der Waals surface area (Å²) in [7, 11) is 1.60. The Morgan fingerprint density at radius 1 is 1.38 bits per heavy atom. The predicted molar refractivity (Wildman–Crippen MR) is 51.9 cm³/mol. The Bertz CT molecular complexity index is 445. The highest BCUT2D eigenvalue weighted by molar-refractivity contribution is 5.93. The average molecular weight is 177 g/mol. The summed E-state index contributed by atoms with van der Waals surface area (Å²) >= 11 is 0. The number of benzene rings is 1. The van der Waals surface area contributed by atoms with E-state index in [9.17, 15) is 0 Å². The Hall–Kier alpha value is -1.64. The molecule has 1 aromatic heterocycles. The zero-order valence-corrected chi connectivity index (χ0v) is 7.63. The summed E-state index contributed by atoms with van der Waals surface area (Å²) in [6.07, 6.45) is 0. The highest BCUT2D eigenvalue weighted by atomic mass is 16.5. The van der Waals surface area contributed by atoms with E-state index < -0.39 is 0 Å². The van der Waals surface area contributed by atoms with Crippen LogP contribution in [0.5, 0.6) is 5.75 Å². The minimum absolute atomic E-state index is 0.636. The summed E-state index contributed by atoms with van der Waals surface area (Å²) in [5.41, 5.74) is 7.30. The van der Waals surface area contributed by atoms with Gasteiger partial charge >= 0.3 is 0 Å². The molecule has 0 amide bonds. The maximum absolute atomic E-state index is 5.86. The van der Waals surface area contributed by atoms with E-state index >= 15 is 0 Å². The van der Waals surface area contributed by atoms with Gasteiger partial charge in [-0.25, -0.2) is 0 Å². The second-order valence-electron chi connectivity index (χ2n) is 2.95. The van der Waals surface area contributed by atoms with Crippen LogP contribution in [0.4, 0.5) is 5.69 Å². The number of rotatable bonds is 1. The molecule has 0 aliphatic heterocycles. The Morgan fingerprint density at radius 2 is 2.15 bits per heavy atom. The van der Waals surface area contributed by atoms with E-state index in [2.05, 4.69) is 0 Å². The van der Waals surface area contributed by atoms with Gasteiger partial charge in [0, 0.05) is 5.39 Å². The Labute approximate surface area is 76.1 Å². The average Bonchev–Trinajstić information content (AvgIpc) is 2.47. The lowest BCUT2D eigenvalue weighted by molar-refractivity contribution is 0.417. The van der Waals surface area contributed by atoms with Crippen molar-refractivity contribution in [2.24, 2.45) is 0 Å². The minimum atomic E-state index is 0.636. The molecule has 2 N–H and O–H groups in total. The van der Waals surface area contributed by atoms with E-state index in [1.807, 2.05) is 19.1 Å². The first-order valence-electron chi connectivity index (χ1n) is 4.05. The molecule has 0 unspecified atom stereocenters. The van der Waals surface area contributed by atoms with Gasteiger partial charge in [-0.05, 0) is 25.1 Å². The van der Waals surface area contributed by atoms with Gasteiger partial charge < -0.3 is 14.9 Å². The lowest BCUT2D eigenvalue weighted by Gasteiger charge is -2.03. The van der Waals surface area contributed by atoms with Crippen LogP contribution in [0.2, 0.25) is 0 Å². The summed E-state index contributed by atoms with van der Waals surface area (Å²) < 4.78 is 10.5. The third kappa shape index (κ3) is 1.13. The van der Waals surface area contributed by atoms with E-state index in [-0.39, 0.29) is 0 Å². The molecule has 13 heavy (non-hydrogen) atoms. The zero-order chi connectivity index (χ0) is 9.42. The molecule has 0 atom stereocenters. The molecule has 1 heterocycles. The molecule has 2 aromatic rings. The second kappa shape index (κ2) is 2.69. The van der Waals surface area contributed by atoms with Gasteiger partial charge in [0.05, 0.1) is 12.8 Å². The summed E-state index contributed by atoms with van der Waals surface area (Å²) in [5, 5.41) is 0.914. The molecule has 0 radical (unpaired) electrons. The van der Waals surface area contributed by atoms with Gasteiger partial charge in [-0.2, -0.15) is 0 Å². The van der Waals surface area contributed by atoms with Crippen LogP contribution in [0, 0.1) is 6.92 Å². The second-order valence-corrected chi connectivity index (χ2v) is 2.95. The number of hydrogen-bond donors (Lipinski definition) is 1. The molecule has 68 valence electrons. The summed E-state index contributed by atoms with van der Waals surface area (Å²) in [4.78, 5) is 0. The number of nitrogen functional groups attached to an aromatic ring is 1. The number of ether oxygens (including phenoxy) is 1. The number of methoxy groups -OCH3 is 1. The quantitative estimate of drug-likeness (QED) is 0.680. The molecule has 0 aliphatic carbocycles. The van der Waals surface area contributed by atoms with E-state index in [4.69, 9.17) is 14.9 Å². The number of fused-ring (bicyclic) bond motifs is 1. The van der Waals surface area contributed by atoms with Crippen molar-refractivity contribution in [3.05, 3.63) is 24.0 Å². The molecule has 1 aromatic carbocycles. The van der Waals surface area contributed by atoms with Crippen LogP contribution >= 0.6 is 0 Å². The maximum Gasteiger partial charge on any atom is 0.142 e. The monoisotopic (exact) mass is 177 g/mol. The van der Waals surface area contributed by atoms with Crippen molar-refractivity contribution < 1.29 is 9.15 Å². The standard InChI is InChI=1S/C10H11NO2/c1-6-5-7-8(13-6)3-4-9(12-2)10(7)11/h3-5H,11H2,1-2H3. The van der Waals surface area contributed by atoms with Crippen molar-refractivity contribution in [2.75, 3.05) is 12.8 Å². The molecule has 2 rings (SSSR count). The van der Waals surface area contributed by atoms with E-state index in [0.29, 0.717) is 11.4 Å². The topological polar surface area (TPSA) is 48.4 Å². The van der Waals surface area contributed by atoms with Gasteiger partial charge in [-0.3, -0.25) is 0 Å². The molecule has 0 spiro atoms. The van der Waals surface area contributed by atoms with E-state index in [1.54, 1.807) is 13.2 Å². The minimum Gasteiger partial charge on any atom is -0.495 e. The van der Waals surface area contributed by atoms with Crippen LogP contribution in [-0.2, 0) is 0 Å². The van der Waals surface area contributed by atoms with Crippen molar-refractivity contribution in [1.29, 1.82) is 0 Å². The molecule has 3 heteroatoms. The number of anilines is 1. The molecular weight excluding hydrogens is 166 g/mol. The van der Waals surface area contributed by atoms with Crippen molar-refractivity contribution in [3.8, 4) is 5.75 Å². The van der Waals surface area contributed by atoms with Gasteiger partial charge in [0.15, 0.2) is 0 Å². The van der Waals surface area contributed by atoms with Gasteiger partial charge in [-0.1, -0.05) is 0 Å². The lowest BCUT2D eigenvalue weighted by Crippen LogP contribution is -1.91. The Kier molecular flexibility index (Phi) is 1.65. The van der Waals surface area contributed by atoms with Crippen molar-refractivity contribution >= 4 is 16.7 Å². The predicted octanol–water partition coefficient (Wildman–Crippen LogP) is 2.33. The zero-order valence-electron chi connectivity index (χ0n) is 7.63. The fourth-order valence-electron chi connectivity index (χ4n) is 1.42.